The van der Waals surface area contributed by atoms with E-state index < -0.39 is 5.41 Å². The number of hydrogen-bond donors (Lipinski definition) is 0. The number of hydrogen-bond acceptors (Lipinski definition) is 0. The Bertz CT molecular complexity index is 3420. The predicted octanol–water partition coefficient (Wildman–Crippen LogP) is 16.6. The molecule has 0 radical (unpaired) electrons. The molecule has 0 spiro atoms. The second kappa shape index (κ2) is 24.4. The normalized spacial score (nSPS) is 12.6. The summed E-state index contributed by atoms with van der Waals surface area (Å²) in [5.74, 6) is 6.22. The Hall–Kier alpha value is -8.72. The van der Waals surface area contributed by atoms with Crippen LogP contribution in [-0.2, 0) is 29.4 Å². The summed E-state index contributed by atoms with van der Waals surface area (Å²) < 4.78 is 8.80. The van der Waals surface area contributed by atoms with Crippen LogP contribution < -0.4 is 0 Å². The molecule has 10 aromatic rings. The molecule has 0 N–H and O–H groups in total. The van der Waals surface area contributed by atoms with Crippen molar-refractivity contribution in [3.63, 3.8) is 0 Å². The molecule has 11 rings (SSSR count). The molecule has 0 atom stereocenters. The summed E-state index contributed by atoms with van der Waals surface area (Å²) in [6.45, 7) is 4.50. The SMILES string of the molecule is C(#Cc1ccccc1)c1ccccc1.[C-]#[O+].[W]=[C](/C(=C(/c1ccccc1)C1(c2ccccc2)C(c2ccccc2)=C(c2ccccc2)C(c2ccccc2)=C1c1ccccc1)c1ccccc1)c1ccccc1. The van der Waals surface area contributed by atoms with Gasteiger partial charge in [-0.2, -0.15) is 0 Å². The maximum absolute atomic E-state index is 7.50. The van der Waals surface area contributed by atoms with Crippen LogP contribution in [0.15, 0.2) is 303 Å². The third-order valence-corrected chi connectivity index (χ3v) is 14.4. The van der Waals surface area contributed by atoms with E-state index in [4.69, 9.17) is 4.65 Å². The van der Waals surface area contributed by atoms with Gasteiger partial charge in [-0.05, 0) is 24.3 Å². The van der Waals surface area contributed by atoms with Crippen LogP contribution in [0.3, 0.4) is 0 Å². The third-order valence-electron chi connectivity index (χ3n) is 12.9. The van der Waals surface area contributed by atoms with Crippen molar-refractivity contribution >= 4 is 37.3 Å². The summed E-state index contributed by atoms with van der Waals surface area (Å²) in [6, 6.07) is 109. The van der Waals surface area contributed by atoms with Crippen LogP contribution in [0.5, 0.6) is 0 Å². The zero-order valence-corrected chi connectivity index (χ0v) is 43.1. The van der Waals surface area contributed by atoms with Gasteiger partial charge in [-0.15, -0.1) is 0 Å². The predicted molar refractivity (Wildman–Crippen MR) is 301 cm³/mol. The Morgan fingerprint density at radius 2 is 0.589 bits per heavy atom. The van der Waals surface area contributed by atoms with Crippen LogP contribution in [0, 0.1) is 18.5 Å². The fourth-order valence-electron chi connectivity index (χ4n) is 9.91. The molecule has 10 aromatic carbocycles. The average Bonchev–Trinajstić information content (AvgIpc) is 3.83. The van der Waals surface area contributed by atoms with E-state index in [0.29, 0.717) is 0 Å². The Balaban J connectivity index is 0.000000351. The Morgan fingerprint density at radius 1 is 0.315 bits per heavy atom. The van der Waals surface area contributed by atoms with Crippen molar-refractivity contribution in [3.05, 3.63) is 366 Å². The van der Waals surface area contributed by atoms with Crippen molar-refractivity contribution in [2.24, 2.45) is 0 Å². The van der Waals surface area contributed by atoms with E-state index >= 15 is 0 Å². The molecule has 1 aliphatic carbocycles. The van der Waals surface area contributed by atoms with Crippen LogP contribution >= 0.6 is 0 Å². The Morgan fingerprint density at radius 3 is 0.945 bits per heavy atom. The average molecular weight is 1100 g/mol. The summed E-state index contributed by atoms with van der Waals surface area (Å²) in [5, 5.41) is 0. The van der Waals surface area contributed by atoms with E-state index in [9.17, 15) is 0 Å². The monoisotopic (exact) mass is 1100 g/mol. The Kier molecular flexibility index (Phi) is 16.5. The van der Waals surface area contributed by atoms with Gasteiger partial charge in [-0.3, -0.25) is 0 Å². The molecule has 0 bridgehead atoms. The zero-order chi connectivity index (χ0) is 50.1. The van der Waals surface area contributed by atoms with Crippen molar-refractivity contribution in [3.8, 4) is 11.8 Å². The first kappa shape index (κ1) is 49.3. The zero-order valence-electron chi connectivity index (χ0n) is 40.2. The third kappa shape index (κ3) is 10.8. The molecule has 1 nitrogen and oxygen atoms in total. The summed E-state index contributed by atoms with van der Waals surface area (Å²) in [5.41, 5.74) is 18.3. The van der Waals surface area contributed by atoms with Gasteiger partial charge in [-0.1, -0.05) is 48.2 Å². The van der Waals surface area contributed by atoms with Gasteiger partial charge in [0.25, 0.3) is 0 Å². The molecular weight excluding hydrogens is 1050 g/mol. The molecule has 0 unspecified atom stereocenters. The van der Waals surface area contributed by atoms with Crippen molar-refractivity contribution in [1.29, 1.82) is 0 Å². The van der Waals surface area contributed by atoms with Crippen LogP contribution in [0.1, 0.15) is 55.6 Å². The molecule has 73 heavy (non-hydrogen) atoms. The molecule has 0 aliphatic heterocycles. The van der Waals surface area contributed by atoms with Crippen molar-refractivity contribution in [1.82, 2.24) is 0 Å². The summed E-state index contributed by atoms with van der Waals surface area (Å²) in [6.07, 6.45) is 0. The molecule has 346 valence electrons. The van der Waals surface area contributed by atoms with E-state index in [2.05, 4.69) is 261 Å². The van der Waals surface area contributed by atoms with Gasteiger partial charge in [-0.25, -0.2) is 0 Å². The minimum absolute atomic E-state index is 0.831. The second-order valence-corrected chi connectivity index (χ2v) is 18.7. The number of rotatable bonds is 10. The standard InChI is InChI=1S/C56H40.C14H10.CO.W/c1-9-25-42(26-10-1)41-50(43-27-11-2-12-28-43)53(46-33-17-5-18-34-46)56(49-39-23-8-24-40-49)54(47-35-19-6-20-36-47)51(44-29-13-3-14-30-44)52(45-31-15-4-16-32-45)55(56)48-37-21-7-22-38-48;1-3-7-13(8-4-1)11-12-14-9-5-2-6-10-14;1-2;/h1-40H;1-10H;;/b53-50+;;;. The van der Waals surface area contributed by atoms with Crippen LogP contribution in [0.2, 0.25) is 0 Å². The first-order chi connectivity index (χ1) is 36.2. The molecule has 2 heteroatoms. The summed E-state index contributed by atoms with van der Waals surface area (Å²) in [4.78, 5) is 0. The second-order valence-electron chi connectivity index (χ2n) is 17.2. The topological polar surface area (TPSA) is 19.9 Å². The molecule has 0 amide bonds. The number of allylic oxidation sites excluding steroid dienone is 6. The molecule has 0 heterocycles. The molecule has 0 saturated carbocycles. The van der Waals surface area contributed by atoms with Crippen LogP contribution in [-0.4, -0.2) is 3.90 Å². The Labute approximate surface area is 441 Å². The number of benzene rings is 10. The summed E-state index contributed by atoms with van der Waals surface area (Å²) >= 11 is 1.41. The minimum atomic E-state index is -0.831. The molecular formula is C71H50OW. The van der Waals surface area contributed by atoms with Gasteiger partial charge in [0.1, 0.15) is 0 Å². The van der Waals surface area contributed by atoms with Crippen molar-refractivity contribution in [2.45, 2.75) is 5.41 Å². The van der Waals surface area contributed by atoms with Gasteiger partial charge in [0.15, 0.2) is 0 Å². The van der Waals surface area contributed by atoms with Gasteiger partial charge in [0.05, 0.1) is 0 Å². The molecule has 0 aromatic heterocycles. The molecule has 0 fully saturated rings. The maximum atomic E-state index is 7.50. The van der Waals surface area contributed by atoms with Crippen LogP contribution in [0.25, 0.3) is 33.4 Å². The van der Waals surface area contributed by atoms with Gasteiger partial charge >= 0.3 is 361 Å². The van der Waals surface area contributed by atoms with E-state index in [1.165, 1.54) is 101 Å². The fraction of sp³-hybridized carbons (Fsp3) is 0.0141. The summed E-state index contributed by atoms with van der Waals surface area (Å²) in [7, 11) is 0. The van der Waals surface area contributed by atoms with Gasteiger partial charge in [0, 0.05) is 11.1 Å². The van der Waals surface area contributed by atoms with E-state index in [1.807, 2.05) is 60.7 Å². The van der Waals surface area contributed by atoms with E-state index in [-0.39, 0.29) is 0 Å². The van der Waals surface area contributed by atoms with Gasteiger partial charge in [0.2, 0.25) is 0 Å². The quantitative estimate of drug-likeness (QED) is 0.0563. The fourth-order valence-corrected chi connectivity index (χ4v) is 11.2. The first-order valence-corrected chi connectivity index (χ1v) is 25.7. The van der Waals surface area contributed by atoms with Crippen molar-refractivity contribution in [2.75, 3.05) is 0 Å². The van der Waals surface area contributed by atoms with Gasteiger partial charge < -0.3 is 0 Å². The molecule has 1 aliphatic rings. The van der Waals surface area contributed by atoms with Crippen LogP contribution in [0.4, 0.5) is 0 Å². The molecule has 0 saturated heterocycles. The van der Waals surface area contributed by atoms with E-state index in [1.54, 1.807) is 0 Å². The van der Waals surface area contributed by atoms with E-state index in [0.717, 1.165) is 11.1 Å². The van der Waals surface area contributed by atoms with Crippen molar-refractivity contribution < 1.29 is 24.0 Å². The first-order valence-electron chi connectivity index (χ1n) is 24.3.